The Morgan fingerprint density at radius 2 is 2.15 bits per heavy atom. The third kappa shape index (κ3) is 4.75. The number of β-amino-alcohol motifs (C(OH)–C–C–N with tert-alkyl or cyclic N) is 1. The topological polar surface area (TPSA) is 81.2 Å². The van der Waals surface area contributed by atoms with Crippen LogP contribution in [0.4, 0.5) is 5.69 Å². The maximum Gasteiger partial charge on any atom is 0.266 e. The second-order valence-corrected chi connectivity index (χ2v) is 9.39. The number of aliphatic hydroxyl groups excluding tert-OH is 1. The van der Waals surface area contributed by atoms with E-state index in [1.54, 1.807) is 0 Å². The van der Waals surface area contributed by atoms with Gasteiger partial charge in [0.05, 0.1) is 22.2 Å². The van der Waals surface area contributed by atoms with Crippen molar-refractivity contribution in [3.05, 3.63) is 81.2 Å². The molecule has 7 heteroatoms. The second-order valence-electron chi connectivity index (χ2n) is 8.47. The molecular formula is C26H26N4O2S. The van der Waals surface area contributed by atoms with Gasteiger partial charge in [0.15, 0.2) is 0 Å². The molecule has 3 N–H and O–H groups in total. The number of likely N-dealkylation sites (tertiary alicyclic amines) is 1. The molecule has 1 unspecified atom stereocenters. The van der Waals surface area contributed by atoms with Crippen molar-refractivity contribution in [1.82, 2.24) is 15.1 Å². The fourth-order valence-corrected chi connectivity index (χ4v) is 5.05. The zero-order chi connectivity index (χ0) is 22.8. The van der Waals surface area contributed by atoms with E-state index in [9.17, 15) is 9.90 Å². The van der Waals surface area contributed by atoms with E-state index in [-0.39, 0.29) is 12.0 Å². The summed E-state index contributed by atoms with van der Waals surface area (Å²) in [5, 5.41) is 23.4. The molecule has 5 rings (SSSR count). The highest BCUT2D eigenvalue weighted by Gasteiger charge is 2.20. The van der Waals surface area contributed by atoms with Gasteiger partial charge >= 0.3 is 0 Å². The zero-order valence-electron chi connectivity index (χ0n) is 18.4. The molecule has 0 radical (unpaired) electrons. The molecular weight excluding hydrogens is 432 g/mol. The first-order valence-corrected chi connectivity index (χ1v) is 11.9. The molecule has 1 aliphatic rings. The van der Waals surface area contributed by atoms with Crippen molar-refractivity contribution in [2.45, 2.75) is 26.0 Å². The molecule has 1 aliphatic heterocycles. The van der Waals surface area contributed by atoms with E-state index in [1.807, 2.05) is 66.9 Å². The molecule has 6 nitrogen and oxygen atoms in total. The Kier molecular flexibility index (Phi) is 6.09. The predicted molar refractivity (Wildman–Crippen MR) is 134 cm³/mol. The Bertz CT molecular complexity index is 1320. The van der Waals surface area contributed by atoms with Crippen LogP contribution in [0, 0.1) is 6.92 Å². The number of nitrogens with one attached hydrogen (secondary N) is 2. The van der Waals surface area contributed by atoms with Crippen LogP contribution in [0.15, 0.2) is 53.9 Å². The number of amides is 1. The van der Waals surface area contributed by atoms with Crippen LogP contribution in [0.1, 0.15) is 38.5 Å². The number of aromatic nitrogens is 2. The number of nitrogens with zero attached hydrogens (tertiary/aromatic N) is 2. The first kappa shape index (κ1) is 21.6. The number of carbonyl (C=O) groups excluding carboxylic acids is 1. The third-order valence-corrected chi connectivity index (χ3v) is 7.02. The lowest BCUT2D eigenvalue weighted by molar-refractivity contribution is 0.103. The Labute approximate surface area is 196 Å². The molecule has 1 fully saturated rings. The summed E-state index contributed by atoms with van der Waals surface area (Å²) < 4.78 is 0. The van der Waals surface area contributed by atoms with E-state index in [0.29, 0.717) is 6.54 Å². The minimum Gasteiger partial charge on any atom is -0.392 e. The maximum absolute atomic E-state index is 13.0. The van der Waals surface area contributed by atoms with E-state index >= 15 is 0 Å². The van der Waals surface area contributed by atoms with Gasteiger partial charge in [-0.2, -0.15) is 5.10 Å². The van der Waals surface area contributed by atoms with Gasteiger partial charge in [-0.15, -0.1) is 11.3 Å². The molecule has 168 valence electrons. The number of aromatic amines is 1. The fourth-order valence-electron chi connectivity index (χ4n) is 4.23. The van der Waals surface area contributed by atoms with Gasteiger partial charge in [-0.1, -0.05) is 36.4 Å². The predicted octanol–water partition coefficient (Wildman–Crippen LogP) is 4.92. The summed E-state index contributed by atoms with van der Waals surface area (Å²) in [4.78, 5) is 15.9. The van der Waals surface area contributed by atoms with Crippen LogP contribution < -0.4 is 5.32 Å². The highest BCUT2D eigenvalue weighted by molar-refractivity contribution is 7.12. The number of hydrogen-bond acceptors (Lipinski definition) is 5. The summed E-state index contributed by atoms with van der Waals surface area (Å²) in [6.45, 7) is 4.26. The fraction of sp³-hybridized carbons (Fsp3) is 0.231. The van der Waals surface area contributed by atoms with E-state index in [0.717, 1.165) is 63.4 Å². The SMILES string of the molecule is Cc1ccsc1C(=O)Nc1cc(CN2CCC(O)C2)ccc1/C=C/c1n[nH]c2ccccc12. The molecule has 3 heterocycles. The van der Waals surface area contributed by atoms with Crippen LogP contribution in [0.3, 0.4) is 0 Å². The third-order valence-electron chi connectivity index (χ3n) is 6.01. The van der Waals surface area contributed by atoms with E-state index in [2.05, 4.69) is 26.5 Å². The monoisotopic (exact) mass is 458 g/mol. The number of aryl methyl sites for hydroxylation is 1. The van der Waals surface area contributed by atoms with Gasteiger partial charge in [-0.3, -0.25) is 14.8 Å². The van der Waals surface area contributed by atoms with Crippen LogP contribution in [0.5, 0.6) is 0 Å². The van der Waals surface area contributed by atoms with Crippen molar-refractivity contribution in [3.63, 3.8) is 0 Å². The number of para-hydroxylation sites is 1. The average molecular weight is 459 g/mol. The lowest BCUT2D eigenvalue weighted by Crippen LogP contribution is -2.21. The Morgan fingerprint density at radius 3 is 2.94 bits per heavy atom. The highest BCUT2D eigenvalue weighted by Crippen LogP contribution is 2.26. The second kappa shape index (κ2) is 9.31. The van der Waals surface area contributed by atoms with Gasteiger partial charge in [0.2, 0.25) is 0 Å². The average Bonchev–Trinajstić information content (AvgIpc) is 3.53. The van der Waals surface area contributed by atoms with Crippen molar-refractivity contribution < 1.29 is 9.90 Å². The lowest BCUT2D eigenvalue weighted by Gasteiger charge is -2.17. The minimum absolute atomic E-state index is 0.101. The number of carbonyl (C=O) groups is 1. The zero-order valence-corrected chi connectivity index (χ0v) is 19.2. The number of benzene rings is 2. The molecule has 2 aromatic heterocycles. The van der Waals surface area contributed by atoms with Crippen molar-refractivity contribution >= 4 is 46.0 Å². The van der Waals surface area contributed by atoms with Crippen LogP contribution in [0.25, 0.3) is 23.1 Å². The first-order valence-electron chi connectivity index (χ1n) is 11.1. The van der Waals surface area contributed by atoms with Gasteiger partial charge in [0.25, 0.3) is 5.91 Å². The standard InChI is InChI=1S/C26H26N4O2S/c1-17-11-13-33-25(17)26(32)27-24-14-18(15-30-12-10-20(31)16-30)6-7-19(24)8-9-23-21-4-2-3-5-22(21)28-29-23/h2-9,11,13-14,20,31H,10,12,15-16H2,1H3,(H,27,32)(H,28,29)/b9-8+. The Morgan fingerprint density at radius 1 is 1.27 bits per heavy atom. The molecule has 33 heavy (non-hydrogen) atoms. The molecule has 0 spiro atoms. The van der Waals surface area contributed by atoms with Gasteiger partial charge in [-0.05, 0) is 59.7 Å². The molecule has 2 aromatic carbocycles. The molecule has 0 saturated carbocycles. The summed E-state index contributed by atoms with van der Waals surface area (Å²) in [5.41, 5.74) is 5.59. The van der Waals surface area contributed by atoms with Crippen molar-refractivity contribution in [3.8, 4) is 0 Å². The molecule has 1 saturated heterocycles. The quantitative estimate of drug-likeness (QED) is 0.383. The first-order chi connectivity index (χ1) is 16.1. The number of rotatable bonds is 6. The lowest BCUT2D eigenvalue weighted by atomic mass is 10.1. The number of fused-ring (bicyclic) bond motifs is 1. The summed E-state index contributed by atoms with van der Waals surface area (Å²) in [6, 6.07) is 16.1. The Hall–Kier alpha value is -3.26. The summed E-state index contributed by atoms with van der Waals surface area (Å²) in [7, 11) is 0. The molecule has 1 amide bonds. The van der Waals surface area contributed by atoms with Crippen LogP contribution in [-0.2, 0) is 6.54 Å². The number of aliphatic hydroxyl groups is 1. The molecule has 0 bridgehead atoms. The molecule has 0 aliphatic carbocycles. The number of anilines is 1. The summed E-state index contributed by atoms with van der Waals surface area (Å²) in [6.07, 6.45) is 4.51. The number of H-pyrrole nitrogens is 1. The highest BCUT2D eigenvalue weighted by atomic mass is 32.1. The number of hydrogen-bond donors (Lipinski definition) is 3. The van der Waals surface area contributed by atoms with E-state index in [4.69, 9.17) is 0 Å². The van der Waals surface area contributed by atoms with Gasteiger partial charge in [0.1, 0.15) is 0 Å². The van der Waals surface area contributed by atoms with Gasteiger partial charge < -0.3 is 10.4 Å². The summed E-state index contributed by atoms with van der Waals surface area (Å²) in [5.74, 6) is -0.101. The van der Waals surface area contributed by atoms with Crippen LogP contribution in [0.2, 0.25) is 0 Å². The number of thiophene rings is 1. The van der Waals surface area contributed by atoms with Crippen molar-refractivity contribution in [2.24, 2.45) is 0 Å². The molecule has 4 aromatic rings. The minimum atomic E-state index is -0.253. The smallest absolute Gasteiger partial charge is 0.266 e. The van der Waals surface area contributed by atoms with Crippen molar-refractivity contribution in [1.29, 1.82) is 0 Å². The normalized spacial score (nSPS) is 16.7. The van der Waals surface area contributed by atoms with E-state index in [1.165, 1.54) is 11.3 Å². The van der Waals surface area contributed by atoms with Gasteiger partial charge in [0, 0.05) is 30.7 Å². The Balaban J connectivity index is 1.45. The van der Waals surface area contributed by atoms with E-state index < -0.39 is 0 Å². The van der Waals surface area contributed by atoms with Gasteiger partial charge in [-0.25, -0.2) is 0 Å². The van der Waals surface area contributed by atoms with Crippen LogP contribution >= 0.6 is 11.3 Å². The maximum atomic E-state index is 13.0. The summed E-state index contributed by atoms with van der Waals surface area (Å²) >= 11 is 1.45. The largest absolute Gasteiger partial charge is 0.392 e. The van der Waals surface area contributed by atoms with Crippen LogP contribution in [-0.4, -0.2) is 45.3 Å². The molecule has 1 atom stereocenters. The van der Waals surface area contributed by atoms with Crippen molar-refractivity contribution in [2.75, 3.05) is 18.4 Å².